The summed E-state index contributed by atoms with van der Waals surface area (Å²) in [6, 6.07) is 24.6. The van der Waals surface area contributed by atoms with Crippen molar-refractivity contribution >= 4 is 34.3 Å². The van der Waals surface area contributed by atoms with Crippen LogP contribution < -0.4 is 10.6 Å². The van der Waals surface area contributed by atoms with Crippen LogP contribution in [0.1, 0.15) is 11.1 Å². The number of amides is 2. The first kappa shape index (κ1) is 20.2. The highest BCUT2D eigenvalue weighted by Gasteiger charge is 2.07. The molecule has 0 aliphatic rings. The predicted octanol–water partition coefficient (Wildman–Crippen LogP) is 5.04. The van der Waals surface area contributed by atoms with Gasteiger partial charge in [0.05, 0.1) is 16.6 Å². The molecular weight excluding hydrogens is 388 g/mol. The molecule has 0 aromatic heterocycles. The lowest BCUT2D eigenvalue weighted by Crippen LogP contribution is -2.28. The summed E-state index contributed by atoms with van der Waals surface area (Å²) in [5, 5.41) is 5.69. The molecule has 0 spiro atoms. The van der Waals surface area contributed by atoms with Crippen LogP contribution in [0.3, 0.4) is 0 Å². The number of carbonyl (C=O) groups excluding carboxylic acids is 1. The van der Waals surface area contributed by atoms with E-state index < -0.39 is 10.8 Å². The minimum Gasteiger partial charge on any atom is -0.334 e. The molecule has 2 N–H and O–H groups in total. The lowest BCUT2D eigenvalue weighted by molar-refractivity contribution is 0.251. The summed E-state index contributed by atoms with van der Waals surface area (Å²) in [6.07, 6.45) is 2.03. The van der Waals surface area contributed by atoms with Gasteiger partial charge < -0.3 is 10.6 Å². The average Bonchev–Trinajstić information content (AvgIpc) is 2.73. The number of hydrogen-bond acceptors (Lipinski definition) is 3. The second-order valence-corrected chi connectivity index (χ2v) is 8.49. The minimum absolute atomic E-state index is 0.268. The topological polar surface area (TPSA) is 58.2 Å². The van der Waals surface area contributed by atoms with Crippen molar-refractivity contribution in [3.63, 3.8) is 0 Å². The van der Waals surface area contributed by atoms with Gasteiger partial charge in [0.15, 0.2) is 0 Å². The number of carbonyl (C=O) groups is 1. The Hall–Kier alpha value is -2.57. The fraction of sp³-hybridized carbons (Fsp3) is 0.136. The van der Waals surface area contributed by atoms with E-state index in [1.54, 1.807) is 11.8 Å². The molecule has 1 unspecified atom stereocenters. The molecule has 28 heavy (non-hydrogen) atoms. The molecule has 0 aliphatic carbocycles. The van der Waals surface area contributed by atoms with Crippen molar-refractivity contribution in [1.29, 1.82) is 0 Å². The van der Waals surface area contributed by atoms with Crippen molar-refractivity contribution in [3.05, 3.63) is 90.0 Å². The molecular formula is C22H22N2O2S2. The van der Waals surface area contributed by atoms with Crippen LogP contribution in [0.25, 0.3) is 0 Å². The first-order valence-electron chi connectivity index (χ1n) is 8.84. The Morgan fingerprint density at radius 1 is 0.929 bits per heavy atom. The van der Waals surface area contributed by atoms with Crippen molar-refractivity contribution in [3.8, 4) is 0 Å². The van der Waals surface area contributed by atoms with Gasteiger partial charge in [0, 0.05) is 22.0 Å². The van der Waals surface area contributed by atoms with E-state index in [0.717, 1.165) is 16.0 Å². The lowest BCUT2D eigenvalue weighted by atomic mass is 10.2. The summed E-state index contributed by atoms with van der Waals surface area (Å²) >= 11 is 1.69. The van der Waals surface area contributed by atoms with Crippen LogP contribution in [-0.2, 0) is 23.1 Å². The van der Waals surface area contributed by atoms with Crippen molar-refractivity contribution < 1.29 is 9.00 Å². The number of hydrogen-bond donors (Lipinski definition) is 2. The number of urea groups is 1. The molecule has 1 atom stereocenters. The fourth-order valence-electron chi connectivity index (χ4n) is 2.65. The van der Waals surface area contributed by atoms with E-state index in [0.29, 0.717) is 18.0 Å². The van der Waals surface area contributed by atoms with Crippen molar-refractivity contribution in [2.24, 2.45) is 0 Å². The van der Waals surface area contributed by atoms with Gasteiger partial charge in [-0.3, -0.25) is 4.21 Å². The lowest BCUT2D eigenvalue weighted by Gasteiger charge is -2.10. The van der Waals surface area contributed by atoms with Gasteiger partial charge in [0.1, 0.15) is 0 Å². The van der Waals surface area contributed by atoms with Crippen molar-refractivity contribution in [2.45, 2.75) is 22.1 Å². The molecule has 0 aliphatic heterocycles. The van der Waals surface area contributed by atoms with Gasteiger partial charge >= 0.3 is 6.03 Å². The van der Waals surface area contributed by atoms with E-state index >= 15 is 0 Å². The van der Waals surface area contributed by atoms with E-state index in [9.17, 15) is 9.00 Å². The fourth-order valence-corrected chi connectivity index (χ4v) is 4.16. The predicted molar refractivity (Wildman–Crippen MR) is 117 cm³/mol. The third kappa shape index (κ3) is 5.97. The van der Waals surface area contributed by atoms with E-state index in [4.69, 9.17) is 0 Å². The number of thioether (sulfide) groups is 1. The maximum Gasteiger partial charge on any atom is 0.319 e. The molecule has 0 radical (unpaired) electrons. The highest BCUT2D eigenvalue weighted by molar-refractivity contribution is 7.98. The molecule has 6 heteroatoms. The van der Waals surface area contributed by atoms with Gasteiger partial charge in [-0.05, 0) is 53.8 Å². The number of anilines is 1. The molecule has 144 valence electrons. The van der Waals surface area contributed by atoms with Gasteiger partial charge in [-0.1, -0.05) is 42.5 Å². The van der Waals surface area contributed by atoms with Crippen LogP contribution in [0.2, 0.25) is 0 Å². The highest BCUT2D eigenvalue weighted by Crippen LogP contribution is 2.17. The first-order chi connectivity index (χ1) is 13.6. The van der Waals surface area contributed by atoms with E-state index in [-0.39, 0.29) is 6.03 Å². The van der Waals surface area contributed by atoms with Crippen molar-refractivity contribution in [1.82, 2.24) is 5.32 Å². The van der Waals surface area contributed by atoms with Crippen LogP contribution in [0.15, 0.2) is 88.7 Å². The number of rotatable bonds is 7. The maximum absolute atomic E-state index is 12.5. The monoisotopic (exact) mass is 410 g/mol. The van der Waals surface area contributed by atoms with Crippen LogP contribution in [0.5, 0.6) is 0 Å². The highest BCUT2D eigenvalue weighted by atomic mass is 32.2. The third-order valence-corrected chi connectivity index (χ3v) is 6.24. The Bertz CT molecular complexity index is 944. The third-order valence-electron chi connectivity index (χ3n) is 4.10. The molecule has 4 nitrogen and oxygen atoms in total. The Kier molecular flexibility index (Phi) is 7.28. The Labute approximate surface area is 172 Å². The summed E-state index contributed by atoms with van der Waals surface area (Å²) in [4.78, 5) is 14.2. The Balaban J connectivity index is 1.54. The van der Waals surface area contributed by atoms with Crippen LogP contribution in [0, 0.1) is 0 Å². The van der Waals surface area contributed by atoms with Gasteiger partial charge in [0.2, 0.25) is 0 Å². The first-order valence-corrected chi connectivity index (χ1v) is 11.4. The molecule has 3 aromatic rings. The Morgan fingerprint density at radius 3 is 2.39 bits per heavy atom. The number of benzene rings is 3. The SMILES string of the molecule is CSc1ccc(CNC(=O)Nc2cccc(CS(=O)c3ccccc3)c2)cc1. The minimum atomic E-state index is -1.12. The van der Waals surface area contributed by atoms with Gasteiger partial charge in [-0.2, -0.15) is 0 Å². The van der Waals surface area contributed by atoms with Gasteiger partial charge in [-0.15, -0.1) is 11.8 Å². The molecule has 0 fully saturated rings. The smallest absolute Gasteiger partial charge is 0.319 e. The summed E-state index contributed by atoms with van der Waals surface area (Å²) in [6.45, 7) is 0.457. The zero-order chi connectivity index (χ0) is 19.8. The zero-order valence-corrected chi connectivity index (χ0v) is 17.2. The molecule has 0 saturated heterocycles. The van der Waals surface area contributed by atoms with Crippen LogP contribution in [0.4, 0.5) is 10.5 Å². The van der Waals surface area contributed by atoms with E-state index in [2.05, 4.69) is 10.6 Å². The average molecular weight is 411 g/mol. The van der Waals surface area contributed by atoms with E-state index in [1.807, 2.05) is 85.1 Å². The maximum atomic E-state index is 12.5. The molecule has 2 amide bonds. The molecule has 0 saturated carbocycles. The summed E-state index contributed by atoms with van der Waals surface area (Å²) in [5.74, 6) is 0.406. The van der Waals surface area contributed by atoms with Gasteiger partial charge in [0.25, 0.3) is 0 Å². The largest absolute Gasteiger partial charge is 0.334 e. The van der Waals surface area contributed by atoms with Crippen molar-refractivity contribution in [2.75, 3.05) is 11.6 Å². The van der Waals surface area contributed by atoms with Crippen LogP contribution in [-0.4, -0.2) is 16.5 Å². The molecule has 0 heterocycles. The normalized spacial score (nSPS) is 11.6. The summed E-state index contributed by atoms with van der Waals surface area (Å²) in [7, 11) is -1.12. The Morgan fingerprint density at radius 2 is 1.68 bits per heavy atom. The molecule has 3 rings (SSSR count). The summed E-state index contributed by atoms with van der Waals surface area (Å²) < 4.78 is 12.5. The zero-order valence-electron chi connectivity index (χ0n) is 15.6. The standard InChI is InChI=1S/C22H22N2O2S2/c1-27-20-12-10-17(11-13-20)15-23-22(25)24-19-7-5-6-18(14-19)16-28(26)21-8-3-2-4-9-21/h2-14H,15-16H2,1H3,(H2,23,24,25). The second-order valence-electron chi connectivity index (χ2n) is 6.16. The molecule has 0 bridgehead atoms. The number of nitrogens with one attached hydrogen (secondary N) is 2. The van der Waals surface area contributed by atoms with E-state index in [1.165, 1.54) is 4.90 Å². The second kappa shape index (κ2) is 10.1. The van der Waals surface area contributed by atoms with Crippen LogP contribution >= 0.6 is 11.8 Å². The molecule has 3 aromatic carbocycles. The van der Waals surface area contributed by atoms with Gasteiger partial charge in [-0.25, -0.2) is 4.79 Å². The quantitative estimate of drug-likeness (QED) is 0.537. The summed E-state index contributed by atoms with van der Waals surface area (Å²) in [5.41, 5.74) is 2.63.